The SMILES string of the molecule is O=C(c1ccccc1Cl)N1CCCN(Cc2ccccc2C(F)(F)F)CC1. The minimum atomic E-state index is -4.37. The summed E-state index contributed by atoms with van der Waals surface area (Å²) in [7, 11) is 0. The number of halogens is 4. The van der Waals surface area contributed by atoms with Crippen LogP contribution in [0, 0.1) is 0 Å². The molecule has 0 aliphatic carbocycles. The molecule has 0 aromatic heterocycles. The van der Waals surface area contributed by atoms with Gasteiger partial charge in [-0.15, -0.1) is 0 Å². The number of alkyl halides is 3. The molecule has 3 rings (SSSR count). The van der Waals surface area contributed by atoms with Gasteiger partial charge in [0.2, 0.25) is 0 Å². The van der Waals surface area contributed by atoms with Gasteiger partial charge in [0.1, 0.15) is 0 Å². The Bertz CT molecular complexity index is 810. The van der Waals surface area contributed by atoms with Gasteiger partial charge < -0.3 is 4.90 Å². The molecule has 0 saturated carbocycles. The van der Waals surface area contributed by atoms with Crippen LogP contribution in [-0.4, -0.2) is 41.9 Å². The predicted octanol–water partition coefficient (Wildman–Crippen LogP) is 4.71. The molecule has 1 fully saturated rings. The second-order valence-corrected chi connectivity index (χ2v) is 6.96. The molecule has 0 bridgehead atoms. The molecule has 27 heavy (non-hydrogen) atoms. The van der Waals surface area contributed by atoms with Crippen molar-refractivity contribution >= 4 is 17.5 Å². The summed E-state index contributed by atoms with van der Waals surface area (Å²) in [6, 6.07) is 12.5. The highest BCUT2D eigenvalue weighted by Crippen LogP contribution is 2.32. The molecule has 1 heterocycles. The zero-order valence-electron chi connectivity index (χ0n) is 14.7. The Kier molecular flexibility index (Phi) is 6.07. The second-order valence-electron chi connectivity index (χ2n) is 6.56. The molecular formula is C20H20ClF3N2O. The van der Waals surface area contributed by atoms with Gasteiger partial charge in [-0.05, 0) is 30.2 Å². The van der Waals surface area contributed by atoms with Gasteiger partial charge in [-0.2, -0.15) is 13.2 Å². The van der Waals surface area contributed by atoms with Gasteiger partial charge in [-0.3, -0.25) is 9.69 Å². The lowest BCUT2D eigenvalue weighted by Gasteiger charge is -2.23. The Morgan fingerprint density at radius 3 is 2.41 bits per heavy atom. The Balaban J connectivity index is 1.68. The summed E-state index contributed by atoms with van der Waals surface area (Å²) in [5.74, 6) is -0.141. The summed E-state index contributed by atoms with van der Waals surface area (Å²) in [5.41, 5.74) is 0.115. The van der Waals surface area contributed by atoms with Crippen molar-refractivity contribution in [2.24, 2.45) is 0 Å². The number of amides is 1. The van der Waals surface area contributed by atoms with Crippen LogP contribution in [0.5, 0.6) is 0 Å². The van der Waals surface area contributed by atoms with Crippen molar-refractivity contribution in [1.29, 1.82) is 0 Å². The molecule has 1 aliphatic heterocycles. The molecule has 1 aliphatic rings. The van der Waals surface area contributed by atoms with E-state index in [1.165, 1.54) is 12.1 Å². The first kappa shape index (κ1) is 19.7. The van der Waals surface area contributed by atoms with E-state index < -0.39 is 11.7 Å². The van der Waals surface area contributed by atoms with Crippen LogP contribution >= 0.6 is 11.6 Å². The average Bonchev–Trinajstić information content (AvgIpc) is 2.87. The first-order valence-corrected chi connectivity index (χ1v) is 9.15. The number of hydrogen-bond acceptors (Lipinski definition) is 2. The van der Waals surface area contributed by atoms with Crippen molar-refractivity contribution in [3.63, 3.8) is 0 Å². The number of hydrogen-bond donors (Lipinski definition) is 0. The standard InChI is InChI=1S/C20H20ClF3N2O/c21-18-9-4-2-7-16(18)19(27)26-11-5-10-25(12-13-26)14-15-6-1-3-8-17(15)20(22,23)24/h1-4,6-9H,5,10-14H2. The van der Waals surface area contributed by atoms with Crippen LogP contribution in [-0.2, 0) is 12.7 Å². The second kappa shape index (κ2) is 8.31. The number of rotatable bonds is 3. The van der Waals surface area contributed by atoms with Crippen LogP contribution in [0.4, 0.5) is 13.2 Å². The molecule has 0 atom stereocenters. The molecule has 7 heteroatoms. The number of nitrogens with zero attached hydrogens (tertiary/aromatic N) is 2. The monoisotopic (exact) mass is 396 g/mol. The Morgan fingerprint density at radius 1 is 0.963 bits per heavy atom. The van der Waals surface area contributed by atoms with Gasteiger partial charge in [0.15, 0.2) is 0 Å². The predicted molar refractivity (Wildman–Crippen MR) is 98.7 cm³/mol. The van der Waals surface area contributed by atoms with Crippen molar-refractivity contribution in [3.8, 4) is 0 Å². The van der Waals surface area contributed by atoms with Gasteiger partial charge in [0, 0.05) is 32.7 Å². The molecule has 0 N–H and O–H groups in total. The van der Waals surface area contributed by atoms with E-state index in [1.54, 1.807) is 35.2 Å². The van der Waals surface area contributed by atoms with Gasteiger partial charge in [-0.1, -0.05) is 41.9 Å². The van der Waals surface area contributed by atoms with E-state index in [0.717, 1.165) is 6.07 Å². The fourth-order valence-electron chi connectivity index (χ4n) is 3.31. The number of carbonyl (C=O) groups excluding carboxylic acids is 1. The molecule has 0 radical (unpaired) electrons. The maximum atomic E-state index is 13.2. The van der Waals surface area contributed by atoms with Gasteiger partial charge >= 0.3 is 6.18 Å². The van der Waals surface area contributed by atoms with E-state index >= 15 is 0 Å². The summed E-state index contributed by atoms with van der Waals surface area (Å²) in [6.07, 6.45) is -3.67. The third kappa shape index (κ3) is 4.82. The van der Waals surface area contributed by atoms with Crippen LogP contribution in [0.3, 0.4) is 0 Å². The van der Waals surface area contributed by atoms with E-state index in [1.807, 2.05) is 4.90 Å². The largest absolute Gasteiger partial charge is 0.416 e. The highest BCUT2D eigenvalue weighted by atomic mass is 35.5. The van der Waals surface area contributed by atoms with Gasteiger partial charge in [-0.25, -0.2) is 0 Å². The lowest BCUT2D eigenvalue weighted by atomic mass is 10.1. The molecule has 1 saturated heterocycles. The molecule has 3 nitrogen and oxygen atoms in total. The van der Waals surface area contributed by atoms with Crippen molar-refractivity contribution in [2.45, 2.75) is 19.1 Å². The minimum Gasteiger partial charge on any atom is -0.337 e. The van der Waals surface area contributed by atoms with E-state index in [0.29, 0.717) is 43.2 Å². The Labute approximate surface area is 161 Å². The quantitative estimate of drug-likeness (QED) is 0.750. The third-order valence-electron chi connectivity index (χ3n) is 4.70. The van der Waals surface area contributed by atoms with Crippen molar-refractivity contribution in [3.05, 3.63) is 70.2 Å². The molecule has 0 unspecified atom stereocenters. The van der Waals surface area contributed by atoms with Gasteiger partial charge in [0.05, 0.1) is 16.1 Å². The van der Waals surface area contributed by atoms with Crippen molar-refractivity contribution in [2.75, 3.05) is 26.2 Å². The molecule has 2 aromatic rings. The highest BCUT2D eigenvalue weighted by molar-refractivity contribution is 6.33. The fraction of sp³-hybridized carbons (Fsp3) is 0.350. The first-order valence-electron chi connectivity index (χ1n) is 8.77. The molecular weight excluding hydrogens is 377 g/mol. The first-order chi connectivity index (χ1) is 12.9. The summed E-state index contributed by atoms with van der Waals surface area (Å²) in [6.45, 7) is 2.38. The van der Waals surface area contributed by atoms with E-state index in [9.17, 15) is 18.0 Å². The Morgan fingerprint density at radius 2 is 1.67 bits per heavy atom. The molecule has 2 aromatic carbocycles. The van der Waals surface area contributed by atoms with Crippen LogP contribution in [0.2, 0.25) is 5.02 Å². The normalized spacial score (nSPS) is 16.2. The highest BCUT2D eigenvalue weighted by Gasteiger charge is 2.33. The van der Waals surface area contributed by atoms with E-state index in [-0.39, 0.29) is 18.0 Å². The lowest BCUT2D eigenvalue weighted by molar-refractivity contribution is -0.138. The van der Waals surface area contributed by atoms with Gasteiger partial charge in [0.25, 0.3) is 5.91 Å². The van der Waals surface area contributed by atoms with Crippen LogP contribution < -0.4 is 0 Å². The summed E-state index contributed by atoms with van der Waals surface area (Å²) < 4.78 is 39.6. The van der Waals surface area contributed by atoms with E-state index in [2.05, 4.69) is 0 Å². The lowest BCUT2D eigenvalue weighted by Crippen LogP contribution is -2.35. The number of carbonyl (C=O) groups is 1. The topological polar surface area (TPSA) is 23.6 Å². The smallest absolute Gasteiger partial charge is 0.337 e. The maximum Gasteiger partial charge on any atom is 0.416 e. The summed E-state index contributed by atoms with van der Waals surface area (Å²) >= 11 is 6.11. The zero-order chi connectivity index (χ0) is 19.4. The average molecular weight is 397 g/mol. The van der Waals surface area contributed by atoms with Crippen LogP contribution in [0.15, 0.2) is 48.5 Å². The van der Waals surface area contributed by atoms with Crippen LogP contribution in [0.25, 0.3) is 0 Å². The zero-order valence-corrected chi connectivity index (χ0v) is 15.4. The molecule has 1 amide bonds. The van der Waals surface area contributed by atoms with E-state index in [4.69, 9.17) is 11.6 Å². The maximum absolute atomic E-state index is 13.2. The van der Waals surface area contributed by atoms with Crippen LogP contribution in [0.1, 0.15) is 27.9 Å². The Hall–Kier alpha value is -2.05. The van der Waals surface area contributed by atoms with Crippen molar-refractivity contribution in [1.82, 2.24) is 9.80 Å². The van der Waals surface area contributed by atoms with Crippen molar-refractivity contribution < 1.29 is 18.0 Å². The summed E-state index contributed by atoms with van der Waals surface area (Å²) in [4.78, 5) is 16.4. The minimum absolute atomic E-state index is 0.141. The third-order valence-corrected chi connectivity index (χ3v) is 5.03. The fourth-order valence-corrected chi connectivity index (χ4v) is 3.53. The summed E-state index contributed by atoms with van der Waals surface area (Å²) in [5, 5.41) is 0.405. The molecule has 144 valence electrons. The molecule has 0 spiro atoms. The number of benzene rings is 2.